The van der Waals surface area contributed by atoms with E-state index in [1.807, 2.05) is 0 Å². The Balaban J connectivity index is 2.27. The van der Waals surface area contributed by atoms with Gasteiger partial charge in [-0.15, -0.1) is 0 Å². The molecular weight excluding hydrogens is 268 g/mol. The van der Waals surface area contributed by atoms with E-state index in [4.69, 9.17) is 34.8 Å². The van der Waals surface area contributed by atoms with E-state index < -0.39 is 15.9 Å². The van der Waals surface area contributed by atoms with E-state index in [1.165, 1.54) is 0 Å². The third-order valence-electron chi connectivity index (χ3n) is 1.49. The molecule has 0 saturated carbocycles. The van der Waals surface area contributed by atoms with Crippen LogP contribution in [0.3, 0.4) is 0 Å². The Labute approximate surface area is 101 Å². The van der Waals surface area contributed by atoms with Gasteiger partial charge in [-0.25, -0.2) is 10.2 Å². The quantitative estimate of drug-likeness (QED) is 0.624. The molecule has 0 bridgehead atoms. The van der Waals surface area contributed by atoms with Crippen LogP contribution in [-0.2, 0) is 9.53 Å². The number of hydrogen-bond acceptors (Lipinski definition) is 4. The number of hydrogen-bond donors (Lipinski definition) is 3. The summed E-state index contributed by atoms with van der Waals surface area (Å²) in [5.74, 6) is -0.346. The first-order chi connectivity index (χ1) is 6.88. The molecule has 1 fully saturated rings. The maximum Gasteiger partial charge on any atom is 0.407 e. The standard InChI is InChI=1S/C6H8Cl3N3O3/c7-6(8,9)2-15-5(14)11-3-1-10-12-4(3)13/h3,10H,1-2H2,(H,11,14)(H,12,13). The van der Waals surface area contributed by atoms with Gasteiger partial charge in [0.25, 0.3) is 5.91 Å². The molecule has 0 aliphatic carbocycles. The number of alkyl carbamates (subject to hydrolysis) is 1. The Morgan fingerprint density at radius 1 is 1.60 bits per heavy atom. The summed E-state index contributed by atoms with van der Waals surface area (Å²) in [6.07, 6.45) is -0.815. The third-order valence-corrected chi connectivity index (χ3v) is 1.82. The lowest BCUT2D eigenvalue weighted by molar-refractivity contribution is -0.121. The molecule has 9 heteroatoms. The molecular formula is C6H8Cl3N3O3. The second kappa shape index (κ2) is 5.07. The van der Waals surface area contributed by atoms with Crippen molar-refractivity contribution in [2.75, 3.05) is 13.2 Å². The Kier molecular flexibility index (Phi) is 4.27. The SMILES string of the molecule is O=C(NC1CNNC1=O)OCC(Cl)(Cl)Cl. The Bertz CT molecular complexity index is 268. The zero-order chi connectivity index (χ0) is 11.5. The predicted octanol–water partition coefficient (Wildman–Crippen LogP) is 0.0858. The summed E-state index contributed by atoms with van der Waals surface area (Å²) >= 11 is 16.1. The van der Waals surface area contributed by atoms with Gasteiger partial charge in [-0.3, -0.25) is 10.2 Å². The highest BCUT2D eigenvalue weighted by atomic mass is 35.6. The molecule has 86 valence electrons. The summed E-state index contributed by atoms with van der Waals surface area (Å²) in [6, 6.07) is -0.673. The molecule has 0 radical (unpaired) electrons. The van der Waals surface area contributed by atoms with Crippen LogP contribution in [0.1, 0.15) is 0 Å². The molecule has 1 unspecified atom stereocenters. The Morgan fingerprint density at radius 3 is 2.73 bits per heavy atom. The lowest BCUT2D eigenvalue weighted by Crippen LogP contribution is -2.42. The topological polar surface area (TPSA) is 79.5 Å². The van der Waals surface area contributed by atoms with Crippen molar-refractivity contribution in [2.24, 2.45) is 0 Å². The highest BCUT2D eigenvalue weighted by Crippen LogP contribution is 2.25. The van der Waals surface area contributed by atoms with Crippen molar-refractivity contribution in [3.8, 4) is 0 Å². The molecule has 6 nitrogen and oxygen atoms in total. The molecule has 1 aliphatic rings. The van der Waals surface area contributed by atoms with Crippen molar-refractivity contribution in [1.82, 2.24) is 16.2 Å². The summed E-state index contributed by atoms with van der Waals surface area (Å²) in [7, 11) is 0. The number of alkyl halides is 3. The number of nitrogens with one attached hydrogen (secondary N) is 3. The third kappa shape index (κ3) is 4.74. The van der Waals surface area contributed by atoms with Crippen LogP contribution in [0, 0.1) is 0 Å². The van der Waals surface area contributed by atoms with E-state index in [-0.39, 0.29) is 19.1 Å². The molecule has 15 heavy (non-hydrogen) atoms. The molecule has 0 aromatic carbocycles. The minimum Gasteiger partial charge on any atom is -0.445 e. The fourth-order valence-electron chi connectivity index (χ4n) is 0.868. The molecule has 2 amide bonds. The molecule has 1 saturated heterocycles. The number of rotatable bonds is 2. The number of ether oxygens (including phenoxy) is 1. The van der Waals surface area contributed by atoms with E-state index in [0.717, 1.165) is 0 Å². The zero-order valence-electron chi connectivity index (χ0n) is 7.35. The second-order valence-electron chi connectivity index (χ2n) is 2.76. The van der Waals surface area contributed by atoms with Crippen molar-refractivity contribution in [1.29, 1.82) is 0 Å². The first kappa shape index (κ1) is 12.6. The number of halogens is 3. The average molecular weight is 277 g/mol. The first-order valence-electron chi connectivity index (χ1n) is 3.91. The molecule has 1 heterocycles. The van der Waals surface area contributed by atoms with Gasteiger partial charge >= 0.3 is 6.09 Å². The highest BCUT2D eigenvalue weighted by molar-refractivity contribution is 6.67. The molecule has 1 aliphatic heterocycles. The second-order valence-corrected chi connectivity index (χ2v) is 5.27. The molecule has 1 rings (SSSR count). The molecule has 0 aromatic heterocycles. The minimum atomic E-state index is -1.66. The Morgan fingerprint density at radius 2 is 2.27 bits per heavy atom. The lowest BCUT2D eigenvalue weighted by Gasteiger charge is -2.13. The van der Waals surface area contributed by atoms with Crippen LogP contribution in [0.15, 0.2) is 0 Å². The maximum absolute atomic E-state index is 11.1. The normalized spacial score (nSPS) is 21.0. The van der Waals surface area contributed by atoms with Crippen LogP contribution in [0.25, 0.3) is 0 Å². The van der Waals surface area contributed by atoms with Gasteiger partial charge in [0.05, 0.1) is 0 Å². The van der Waals surface area contributed by atoms with Crippen molar-refractivity contribution in [3.05, 3.63) is 0 Å². The highest BCUT2D eigenvalue weighted by Gasteiger charge is 2.27. The fraction of sp³-hybridized carbons (Fsp3) is 0.667. The minimum absolute atomic E-state index is 0.279. The van der Waals surface area contributed by atoms with Gasteiger partial charge in [-0.1, -0.05) is 34.8 Å². The van der Waals surface area contributed by atoms with Gasteiger partial charge in [-0.2, -0.15) is 0 Å². The van der Waals surface area contributed by atoms with Crippen molar-refractivity contribution in [3.63, 3.8) is 0 Å². The zero-order valence-corrected chi connectivity index (χ0v) is 9.62. The first-order valence-corrected chi connectivity index (χ1v) is 5.04. The predicted molar refractivity (Wildman–Crippen MR) is 54.7 cm³/mol. The monoisotopic (exact) mass is 275 g/mol. The van der Waals surface area contributed by atoms with E-state index in [1.54, 1.807) is 0 Å². The molecule has 0 spiro atoms. The number of hydrazine groups is 1. The van der Waals surface area contributed by atoms with Crippen molar-refractivity contribution >= 4 is 46.8 Å². The fourth-order valence-corrected chi connectivity index (χ4v) is 1.03. The van der Waals surface area contributed by atoms with Gasteiger partial charge in [-0.05, 0) is 0 Å². The van der Waals surface area contributed by atoms with Crippen LogP contribution >= 0.6 is 34.8 Å². The van der Waals surface area contributed by atoms with E-state index in [0.29, 0.717) is 0 Å². The van der Waals surface area contributed by atoms with Crippen LogP contribution in [0.2, 0.25) is 0 Å². The summed E-state index contributed by atoms with van der Waals surface area (Å²) in [6.45, 7) is -0.104. The molecule has 1 atom stereocenters. The van der Waals surface area contributed by atoms with Gasteiger partial charge in [0.15, 0.2) is 0 Å². The summed E-state index contributed by atoms with van der Waals surface area (Å²) in [5, 5.41) is 2.29. The number of carbonyl (C=O) groups excluding carboxylic acids is 2. The van der Waals surface area contributed by atoms with E-state index >= 15 is 0 Å². The lowest BCUT2D eigenvalue weighted by atomic mass is 10.3. The smallest absolute Gasteiger partial charge is 0.407 e. The Hall–Kier alpha value is -0.430. The molecule has 3 N–H and O–H groups in total. The van der Waals surface area contributed by atoms with Gasteiger partial charge < -0.3 is 10.1 Å². The van der Waals surface area contributed by atoms with Crippen molar-refractivity contribution in [2.45, 2.75) is 9.83 Å². The largest absolute Gasteiger partial charge is 0.445 e. The maximum atomic E-state index is 11.1. The summed E-state index contributed by atoms with van der Waals surface area (Å²) in [5.41, 5.74) is 4.86. The average Bonchev–Trinajstić information content (AvgIpc) is 2.47. The van der Waals surface area contributed by atoms with Crippen LogP contribution < -0.4 is 16.2 Å². The van der Waals surface area contributed by atoms with Gasteiger partial charge in [0.2, 0.25) is 3.79 Å². The van der Waals surface area contributed by atoms with Crippen LogP contribution in [0.4, 0.5) is 4.79 Å². The van der Waals surface area contributed by atoms with E-state index in [9.17, 15) is 9.59 Å². The number of carbonyl (C=O) groups is 2. The van der Waals surface area contributed by atoms with Crippen LogP contribution in [-0.4, -0.2) is 35.0 Å². The van der Waals surface area contributed by atoms with E-state index in [2.05, 4.69) is 20.9 Å². The summed E-state index contributed by atoms with van der Waals surface area (Å²) in [4.78, 5) is 22.1. The van der Waals surface area contributed by atoms with Crippen molar-refractivity contribution < 1.29 is 14.3 Å². The molecule has 0 aromatic rings. The van der Waals surface area contributed by atoms with Gasteiger partial charge in [0.1, 0.15) is 12.6 Å². The van der Waals surface area contributed by atoms with Gasteiger partial charge in [0, 0.05) is 6.54 Å². The number of amides is 2. The van der Waals surface area contributed by atoms with Crippen LogP contribution in [0.5, 0.6) is 0 Å². The summed E-state index contributed by atoms with van der Waals surface area (Å²) < 4.78 is 2.90.